The summed E-state index contributed by atoms with van der Waals surface area (Å²) in [7, 11) is 0. The van der Waals surface area contributed by atoms with E-state index in [0.29, 0.717) is 19.4 Å². The summed E-state index contributed by atoms with van der Waals surface area (Å²) in [6, 6.07) is 20.3. The summed E-state index contributed by atoms with van der Waals surface area (Å²) in [6.07, 6.45) is 1.06. The van der Waals surface area contributed by atoms with Crippen LogP contribution in [-0.2, 0) is 17.8 Å². The van der Waals surface area contributed by atoms with Crippen molar-refractivity contribution < 1.29 is 4.79 Å². The summed E-state index contributed by atoms with van der Waals surface area (Å²) in [5.41, 5.74) is 8.18. The normalized spacial score (nSPS) is 11.0. The van der Waals surface area contributed by atoms with Crippen molar-refractivity contribution in [3.8, 4) is 11.3 Å². The lowest BCUT2D eigenvalue weighted by Crippen LogP contribution is -2.23. The molecule has 30 heavy (non-hydrogen) atoms. The molecule has 5 heteroatoms. The van der Waals surface area contributed by atoms with Crippen LogP contribution in [0.4, 0.5) is 0 Å². The molecule has 0 bridgehead atoms. The highest BCUT2D eigenvalue weighted by Crippen LogP contribution is 2.22. The molecule has 0 saturated heterocycles. The van der Waals surface area contributed by atoms with Gasteiger partial charge in [-0.25, -0.2) is 9.50 Å². The van der Waals surface area contributed by atoms with Gasteiger partial charge in [-0.1, -0.05) is 60.2 Å². The van der Waals surface area contributed by atoms with Crippen LogP contribution in [0.2, 0.25) is 0 Å². The van der Waals surface area contributed by atoms with Gasteiger partial charge in [0, 0.05) is 36.0 Å². The Bertz CT molecular complexity index is 1180. The second-order valence-electron chi connectivity index (χ2n) is 7.69. The van der Waals surface area contributed by atoms with E-state index in [1.807, 2.05) is 66.9 Å². The van der Waals surface area contributed by atoms with Crippen molar-refractivity contribution in [2.24, 2.45) is 0 Å². The van der Waals surface area contributed by atoms with E-state index in [4.69, 9.17) is 10.1 Å². The molecule has 4 aromatic rings. The molecular formula is C25H26N4O. The van der Waals surface area contributed by atoms with Crippen LogP contribution in [0.15, 0.2) is 60.7 Å². The Morgan fingerprint density at radius 2 is 1.73 bits per heavy atom. The molecule has 2 aromatic heterocycles. The molecule has 4 rings (SSSR count). The molecule has 0 radical (unpaired) electrons. The fourth-order valence-electron chi connectivity index (χ4n) is 3.67. The van der Waals surface area contributed by atoms with E-state index in [0.717, 1.165) is 39.4 Å². The first-order valence-corrected chi connectivity index (χ1v) is 10.2. The van der Waals surface area contributed by atoms with Crippen molar-refractivity contribution in [1.82, 2.24) is 19.9 Å². The maximum atomic E-state index is 12.4. The third-order valence-corrected chi connectivity index (χ3v) is 5.45. The Labute approximate surface area is 176 Å². The number of hydrogen-bond acceptors (Lipinski definition) is 3. The fraction of sp³-hybridized carbons (Fsp3) is 0.240. The Kier molecular flexibility index (Phi) is 5.61. The lowest BCUT2D eigenvalue weighted by Gasteiger charge is -2.11. The molecule has 0 spiro atoms. The standard InChI is InChI=1S/C25H26N4O/c1-17-9-11-20(12-10-17)16-26-25(30)14-13-22-18(2)27-24-15-23(28-29(24)19(22)3)21-7-5-4-6-8-21/h4-12,15H,13-14,16H2,1-3H3,(H,26,30). The number of aryl methyl sites for hydroxylation is 3. The largest absolute Gasteiger partial charge is 0.352 e. The van der Waals surface area contributed by atoms with Crippen molar-refractivity contribution in [2.45, 2.75) is 40.2 Å². The number of nitrogens with one attached hydrogen (secondary N) is 1. The number of benzene rings is 2. The van der Waals surface area contributed by atoms with Gasteiger partial charge in [-0.15, -0.1) is 0 Å². The highest BCUT2D eigenvalue weighted by molar-refractivity contribution is 5.76. The topological polar surface area (TPSA) is 59.3 Å². The smallest absolute Gasteiger partial charge is 0.220 e. The molecule has 152 valence electrons. The zero-order valence-corrected chi connectivity index (χ0v) is 17.6. The van der Waals surface area contributed by atoms with Crippen molar-refractivity contribution in [2.75, 3.05) is 0 Å². The molecule has 5 nitrogen and oxygen atoms in total. The molecule has 0 saturated carbocycles. The summed E-state index contributed by atoms with van der Waals surface area (Å²) >= 11 is 0. The van der Waals surface area contributed by atoms with E-state index in [2.05, 4.69) is 24.4 Å². The van der Waals surface area contributed by atoms with Gasteiger partial charge in [-0.3, -0.25) is 4.79 Å². The number of nitrogens with zero attached hydrogens (tertiary/aromatic N) is 3. The fourth-order valence-corrected chi connectivity index (χ4v) is 3.67. The number of amides is 1. The van der Waals surface area contributed by atoms with Crippen LogP contribution in [0.5, 0.6) is 0 Å². The van der Waals surface area contributed by atoms with E-state index in [1.165, 1.54) is 5.56 Å². The van der Waals surface area contributed by atoms with E-state index in [9.17, 15) is 4.79 Å². The minimum absolute atomic E-state index is 0.0416. The van der Waals surface area contributed by atoms with Gasteiger partial charge in [0.1, 0.15) is 0 Å². The number of rotatable bonds is 6. The minimum atomic E-state index is 0.0416. The third-order valence-electron chi connectivity index (χ3n) is 5.45. The quantitative estimate of drug-likeness (QED) is 0.518. The molecule has 0 atom stereocenters. The van der Waals surface area contributed by atoms with Gasteiger partial charge in [0.25, 0.3) is 0 Å². The first-order valence-electron chi connectivity index (χ1n) is 10.2. The molecule has 0 aliphatic carbocycles. The van der Waals surface area contributed by atoms with Crippen LogP contribution in [-0.4, -0.2) is 20.5 Å². The zero-order chi connectivity index (χ0) is 21.1. The van der Waals surface area contributed by atoms with Gasteiger partial charge in [0.05, 0.1) is 5.69 Å². The maximum absolute atomic E-state index is 12.4. The van der Waals surface area contributed by atoms with Crippen LogP contribution in [0.3, 0.4) is 0 Å². The zero-order valence-electron chi connectivity index (χ0n) is 17.6. The molecule has 0 unspecified atom stereocenters. The number of fused-ring (bicyclic) bond motifs is 1. The monoisotopic (exact) mass is 398 g/mol. The molecule has 2 aromatic carbocycles. The molecule has 0 fully saturated rings. The maximum Gasteiger partial charge on any atom is 0.220 e. The number of hydrogen-bond donors (Lipinski definition) is 1. The Balaban J connectivity index is 1.47. The summed E-state index contributed by atoms with van der Waals surface area (Å²) in [4.78, 5) is 17.1. The highest BCUT2D eigenvalue weighted by atomic mass is 16.1. The molecule has 1 amide bonds. The summed E-state index contributed by atoms with van der Waals surface area (Å²) in [5.74, 6) is 0.0416. The number of aromatic nitrogens is 3. The van der Waals surface area contributed by atoms with Crippen LogP contribution >= 0.6 is 0 Å². The predicted octanol–water partition coefficient (Wildman–Crippen LogP) is 4.57. The molecule has 0 aliphatic heterocycles. The summed E-state index contributed by atoms with van der Waals surface area (Å²) < 4.78 is 1.88. The van der Waals surface area contributed by atoms with Gasteiger partial charge in [-0.2, -0.15) is 5.10 Å². The van der Waals surface area contributed by atoms with Crippen molar-refractivity contribution in [3.05, 3.63) is 88.7 Å². The summed E-state index contributed by atoms with van der Waals surface area (Å²) in [5, 5.41) is 7.76. The van der Waals surface area contributed by atoms with Crippen LogP contribution < -0.4 is 5.32 Å². The predicted molar refractivity (Wildman–Crippen MR) is 119 cm³/mol. The lowest BCUT2D eigenvalue weighted by atomic mass is 10.1. The molecular weight excluding hydrogens is 372 g/mol. The first-order chi connectivity index (χ1) is 14.5. The van der Waals surface area contributed by atoms with E-state index < -0.39 is 0 Å². The van der Waals surface area contributed by atoms with E-state index in [-0.39, 0.29) is 5.91 Å². The Hall–Kier alpha value is -3.47. The highest BCUT2D eigenvalue weighted by Gasteiger charge is 2.14. The molecule has 1 N–H and O–H groups in total. The van der Waals surface area contributed by atoms with Gasteiger partial charge in [0.2, 0.25) is 5.91 Å². The van der Waals surface area contributed by atoms with Gasteiger partial charge < -0.3 is 5.32 Å². The van der Waals surface area contributed by atoms with Crippen molar-refractivity contribution in [3.63, 3.8) is 0 Å². The van der Waals surface area contributed by atoms with Gasteiger partial charge in [-0.05, 0) is 38.3 Å². The van der Waals surface area contributed by atoms with Crippen molar-refractivity contribution in [1.29, 1.82) is 0 Å². The lowest BCUT2D eigenvalue weighted by molar-refractivity contribution is -0.121. The Morgan fingerprint density at radius 3 is 2.47 bits per heavy atom. The number of carbonyl (C=O) groups is 1. The average Bonchev–Trinajstić information content (AvgIpc) is 3.18. The van der Waals surface area contributed by atoms with Crippen LogP contribution in [0.25, 0.3) is 16.9 Å². The molecule has 0 aliphatic rings. The van der Waals surface area contributed by atoms with Crippen molar-refractivity contribution >= 4 is 11.6 Å². The average molecular weight is 399 g/mol. The molecule has 2 heterocycles. The summed E-state index contributed by atoms with van der Waals surface area (Å²) in [6.45, 7) is 6.65. The SMILES string of the molecule is Cc1ccc(CNC(=O)CCc2c(C)nc3cc(-c4ccccc4)nn3c2C)cc1. The number of carbonyl (C=O) groups excluding carboxylic acids is 1. The minimum Gasteiger partial charge on any atom is -0.352 e. The van der Waals surface area contributed by atoms with Crippen LogP contribution in [0.1, 0.15) is 34.5 Å². The van der Waals surface area contributed by atoms with Gasteiger partial charge in [0.15, 0.2) is 5.65 Å². The first kappa shape index (κ1) is 19.8. The van der Waals surface area contributed by atoms with Gasteiger partial charge >= 0.3 is 0 Å². The van der Waals surface area contributed by atoms with E-state index in [1.54, 1.807) is 0 Å². The van der Waals surface area contributed by atoms with Crippen LogP contribution in [0, 0.1) is 20.8 Å². The Morgan fingerprint density at radius 1 is 1.00 bits per heavy atom. The van der Waals surface area contributed by atoms with E-state index >= 15 is 0 Å². The third kappa shape index (κ3) is 4.25. The second-order valence-corrected chi connectivity index (χ2v) is 7.69. The second kappa shape index (κ2) is 8.49.